The highest BCUT2D eigenvalue weighted by molar-refractivity contribution is 9.10. The maximum Gasteiger partial charge on any atom is 0.316 e. The molecule has 2 aromatic rings. The van der Waals surface area contributed by atoms with Crippen LogP contribution in [0.2, 0.25) is 0 Å². The Morgan fingerprint density at radius 3 is 2.33 bits per heavy atom. The lowest BCUT2D eigenvalue weighted by atomic mass is 10.1. The monoisotopic (exact) mass is 347 g/mol. The molecule has 0 spiro atoms. The number of benzene rings is 2. The Labute approximate surface area is 130 Å². The van der Waals surface area contributed by atoms with Gasteiger partial charge in [-0.1, -0.05) is 22.0 Å². The fourth-order valence-electron chi connectivity index (χ4n) is 1.81. The number of nitrogens with two attached hydrogens (primary N) is 1. The van der Waals surface area contributed by atoms with Gasteiger partial charge in [-0.2, -0.15) is 0 Å². The first-order valence-electron chi connectivity index (χ1n) is 6.20. The summed E-state index contributed by atoms with van der Waals surface area (Å²) in [5.74, 6) is -0.221. The topological polar surface area (TPSA) is 84.2 Å². The Hall–Kier alpha value is -2.34. The second-order valence-corrected chi connectivity index (χ2v) is 5.34. The first-order valence-corrected chi connectivity index (χ1v) is 6.99. The van der Waals surface area contributed by atoms with Crippen molar-refractivity contribution < 1.29 is 9.59 Å². The van der Waals surface area contributed by atoms with Crippen molar-refractivity contribution in [2.75, 3.05) is 10.6 Å². The number of aryl methyl sites for hydroxylation is 1. The summed E-state index contributed by atoms with van der Waals surface area (Å²) in [6.45, 7) is 1.91. The number of carbonyl (C=O) groups is 2. The van der Waals surface area contributed by atoms with E-state index in [0.29, 0.717) is 16.9 Å². The fourth-order valence-corrected chi connectivity index (χ4v) is 2.05. The largest absolute Gasteiger partial charge is 0.351 e. The number of urea groups is 1. The van der Waals surface area contributed by atoms with Gasteiger partial charge in [0.25, 0.3) is 5.91 Å². The van der Waals surface area contributed by atoms with Crippen LogP contribution in [-0.2, 0) is 0 Å². The third-order valence-electron chi connectivity index (χ3n) is 2.81. The molecule has 0 radical (unpaired) electrons. The zero-order valence-corrected chi connectivity index (χ0v) is 12.9. The molecule has 0 atom stereocenters. The van der Waals surface area contributed by atoms with Crippen molar-refractivity contribution in [2.45, 2.75) is 6.92 Å². The molecule has 0 aliphatic carbocycles. The van der Waals surface area contributed by atoms with E-state index in [1.54, 1.807) is 36.4 Å². The molecule has 5 nitrogen and oxygen atoms in total. The van der Waals surface area contributed by atoms with E-state index in [-0.39, 0.29) is 5.91 Å². The van der Waals surface area contributed by atoms with Crippen molar-refractivity contribution in [3.63, 3.8) is 0 Å². The number of nitrogens with one attached hydrogen (secondary N) is 2. The van der Waals surface area contributed by atoms with Crippen molar-refractivity contribution in [2.24, 2.45) is 5.73 Å². The zero-order valence-electron chi connectivity index (χ0n) is 11.3. The third kappa shape index (κ3) is 4.06. The maximum absolute atomic E-state index is 12.2. The van der Waals surface area contributed by atoms with Crippen molar-refractivity contribution in [3.05, 3.63) is 58.1 Å². The molecule has 0 aliphatic heterocycles. The molecule has 0 aromatic heterocycles. The number of hydrogen-bond donors (Lipinski definition) is 3. The Morgan fingerprint density at radius 1 is 1.05 bits per heavy atom. The van der Waals surface area contributed by atoms with E-state index >= 15 is 0 Å². The number of amides is 3. The molecule has 4 N–H and O–H groups in total. The predicted molar refractivity (Wildman–Crippen MR) is 86.5 cm³/mol. The first kappa shape index (κ1) is 15.1. The lowest BCUT2D eigenvalue weighted by Crippen LogP contribution is -2.19. The van der Waals surface area contributed by atoms with Gasteiger partial charge in [0.2, 0.25) is 0 Å². The van der Waals surface area contributed by atoms with Crippen molar-refractivity contribution >= 4 is 39.2 Å². The van der Waals surface area contributed by atoms with Crippen molar-refractivity contribution in [3.8, 4) is 0 Å². The molecule has 0 unspecified atom stereocenters. The fraction of sp³-hybridized carbons (Fsp3) is 0.0667. The van der Waals surface area contributed by atoms with Crippen LogP contribution in [0.5, 0.6) is 0 Å². The Kier molecular flexibility index (Phi) is 4.59. The SMILES string of the molecule is Cc1cc(C(=O)Nc2cccc(NC(N)=O)c2)ccc1Br. The van der Waals surface area contributed by atoms with Gasteiger partial charge >= 0.3 is 6.03 Å². The number of primary amides is 1. The molecular weight excluding hydrogens is 334 g/mol. The van der Waals surface area contributed by atoms with Gasteiger partial charge in [0.05, 0.1) is 0 Å². The van der Waals surface area contributed by atoms with Gasteiger partial charge in [0.1, 0.15) is 0 Å². The summed E-state index contributed by atoms with van der Waals surface area (Å²) in [4.78, 5) is 23.0. The number of carbonyl (C=O) groups excluding carboxylic acids is 2. The maximum atomic E-state index is 12.2. The van der Waals surface area contributed by atoms with E-state index in [2.05, 4.69) is 26.6 Å². The molecular formula is C15H14BrN3O2. The zero-order chi connectivity index (χ0) is 15.4. The Morgan fingerprint density at radius 2 is 1.71 bits per heavy atom. The van der Waals surface area contributed by atoms with Crippen LogP contribution >= 0.6 is 15.9 Å². The lowest BCUT2D eigenvalue weighted by Gasteiger charge is -2.08. The van der Waals surface area contributed by atoms with E-state index in [1.807, 2.05) is 13.0 Å². The van der Waals surface area contributed by atoms with Gasteiger partial charge in [-0.05, 0) is 48.9 Å². The third-order valence-corrected chi connectivity index (χ3v) is 3.70. The first-order chi connectivity index (χ1) is 9.95. The van der Waals surface area contributed by atoms with Gasteiger partial charge in [-0.3, -0.25) is 4.79 Å². The molecule has 0 bridgehead atoms. The highest BCUT2D eigenvalue weighted by Gasteiger charge is 2.08. The van der Waals surface area contributed by atoms with E-state index in [0.717, 1.165) is 10.0 Å². The van der Waals surface area contributed by atoms with Crippen LogP contribution in [0.1, 0.15) is 15.9 Å². The second-order valence-electron chi connectivity index (χ2n) is 4.49. The van der Waals surface area contributed by atoms with Crippen LogP contribution in [0.15, 0.2) is 46.9 Å². The summed E-state index contributed by atoms with van der Waals surface area (Å²) in [5.41, 5.74) is 7.69. The number of halogens is 1. The minimum absolute atomic E-state index is 0.221. The predicted octanol–water partition coefficient (Wildman–Crippen LogP) is 3.50. The Balaban J connectivity index is 2.15. The van der Waals surface area contributed by atoms with Crippen LogP contribution in [0, 0.1) is 6.92 Å². The second kappa shape index (κ2) is 6.41. The molecule has 2 aromatic carbocycles. The summed E-state index contributed by atoms with van der Waals surface area (Å²) in [7, 11) is 0. The van der Waals surface area contributed by atoms with Gasteiger partial charge in [-0.15, -0.1) is 0 Å². The number of hydrogen-bond acceptors (Lipinski definition) is 2. The van der Waals surface area contributed by atoms with E-state index < -0.39 is 6.03 Å². The van der Waals surface area contributed by atoms with Crippen LogP contribution in [-0.4, -0.2) is 11.9 Å². The molecule has 3 amide bonds. The van der Waals surface area contributed by atoms with Crippen molar-refractivity contribution in [1.29, 1.82) is 0 Å². The highest BCUT2D eigenvalue weighted by Crippen LogP contribution is 2.19. The minimum atomic E-state index is -0.651. The standard InChI is InChI=1S/C15H14BrN3O2/c1-9-7-10(5-6-13(9)16)14(20)18-11-3-2-4-12(8-11)19-15(17)21/h2-8H,1H3,(H,18,20)(H3,17,19,21). The molecule has 21 heavy (non-hydrogen) atoms. The minimum Gasteiger partial charge on any atom is -0.351 e. The molecule has 2 rings (SSSR count). The van der Waals surface area contributed by atoms with E-state index in [4.69, 9.17) is 5.73 Å². The molecule has 6 heteroatoms. The quantitative estimate of drug-likeness (QED) is 0.793. The Bertz CT molecular complexity index is 701. The molecule has 0 heterocycles. The summed E-state index contributed by atoms with van der Waals surface area (Å²) < 4.78 is 0.951. The number of anilines is 2. The molecule has 0 saturated carbocycles. The van der Waals surface area contributed by atoms with Crippen molar-refractivity contribution in [1.82, 2.24) is 0 Å². The van der Waals surface area contributed by atoms with Gasteiger partial charge in [0.15, 0.2) is 0 Å². The molecule has 108 valence electrons. The van der Waals surface area contributed by atoms with E-state index in [9.17, 15) is 9.59 Å². The van der Waals surface area contributed by atoms with E-state index in [1.165, 1.54) is 0 Å². The smallest absolute Gasteiger partial charge is 0.316 e. The average Bonchev–Trinajstić information content (AvgIpc) is 2.41. The molecule has 0 aliphatic rings. The van der Waals surface area contributed by atoms with Crippen LogP contribution < -0.4 is 16.4 Å². The number of rotatable bonds is 3. The summed E-state index contributed by atoms with van der Waals surface area (Å²) >= 11 is 3.39. The molecule has 0 saturated heterocycles. The van der Waals surface area contributed by atoms with Crippen LogP contribution in [0.4, 0.5) is 16.2 Å². The highest BCUT2D eigenvalue weighted by atomic mass is 79.9. The van der Waals surface area contributed by atoms with Gasteiger partial charge < -0.3 is 16.4 Å². The van der Waals surface area contributed by atoms with Crippen LogP contribution in [0.3, 0.4) is 0 Å². The normalized spacial score (nSPS) is 10.0. The molecule has 0 fully saturated rings. The average molecular weight is 348 g/mol. The van der Waals surface area contributed by atoms with Crippen LogP contribution in [0.25, 0.3) is 0 Å². The van der Waals surface area contributed by atoms with Gasteiger partial charge in [-0.25, -0.2) is 4.79 Å². The van der Waals surface area contributed by atoms with Gasteiger partial charge in [0, 0.05) is 21.4 Å². The summed E-state index contributed by atoms with van der Waals surface area (Å²) in [6.07, 6.45) is 0. The summed E-state index contributed by atoms with van der Waals surface area (Å²) in [5, 5.41) is 5.23. The lowest BCUT2D eigenvalue weighted by molar-refractivity contribution is 0.102. The summed E-state index contributed by atoms with van der Waals surface area (Å²) in [6, 6.07) is 11.5.